The van der Waals surface area contributed by atoms with E-state index in [1.54, 1.807) is 40.0 Å². The zero-order valence-electron chi connectivity index (χ0n) is 11.8. The molecule has 0 spiro atoms. The Morgan fingerprint density at radius 3 is 2.53 bits per heavy atom. The van der Waals surface area contributed by atoms with E-state index in [1.807, 2.05) is 12.1 Å². The highest BCUT2D eigenvalue weighted by atomic mass is 16.6. The van der Waals surface area contributed by atoms with Gasteiger partial charge in [-0.05, 0) is 26.8 Å². The van der Waals surface area contributed by atoms with Gasteiger partial charge in [0.05, 0.1) is 19.8 Å². The Morgan fingerprint density at radius 2 is 2.00 bits per heavy atom. The van der Waals surface area contributed by atoms with Gasteiger partial charge in [-0.25, -0.2) is 4.79 Å². The third-order valence-corrected chi connectivity index (χ3v) is 2.39. The van der Waals surface area contributed by atoms with Crippen molar-refractivity contribution in [2.75, 3.05) is 13.7 Å². The molecule has 5 heteroatoms. The number of rotatable bonds is 4. The van der Waals surface area contributed by atoms with E-state index in [0.717, 1.165) is 0 Å². The Hall–Kier alpha value is -1.75. The Labute approximate surface area is 113 Å². The van der Waals surface area contributed by atoms with Crippen LogP contribution in [0, 0.1) is 0 Å². The van der Waals surface area contributed by atoms with Crippen LogP contribution in [0.3, 0.4) is 0 Å². The van der Waals surface area contributed by atoms with Gasteiger partial charge in [0.2, 0.25) is 0 Å². The number of alkyl carbamates (subject to hydrolysis) is 1. The van der Waals surface area contributed by atoms with Crippen molar-refractivity contribution in [2.24, 2.45) is 0 Å². The fourth-order valence-electron chi connectivity index (χ4n) is 1.63. The summed E-state index contributed by atoms with van der Waals surface area (Å²) in [5, 5.41) is 12.0. The third kappa shape index (κ3) is 4.79. The highest BCUT2D eigenvalue weighted by Gasteiger charge is 2.21. The quantitative estimate of drug-likeness (QED) is 0.878. The van der Waals surface area contributed by atoms with Gasteiger partial charge in [-0.1, -0.05) is 18.2 Å². The van der Waals surface area contributed by atoms with Gasteiger partial charge in [-0.2, -0.15) is 0 Å². The van der Waals surface area contributed by atoms with Crippen LogP contribution in [0.2, 0.25) is 0 Å². The molecule has 0 heterocycles. The number of benzene rings is 1. The number of nitrogens with one attached hydrogen (secondary N) is 1. The topological polar surface area (TPSA) is 67.8 Å². The molecule has 0 fully saturated rings. The van der Waals surface area contributed by atoms with E-state index in [4.69, 9.17) is 9.47 Å². The first-order chi connectivity index (χ1) is 8.87. The molecular formula is C14H21NO4. The zero-order valence-corrected chi connectivity index (χ0v) is 11.8. The van der Waals surface area contributed by atoms with E-state index < -0.39 is 17.7 Å². The number of amides is 1. The molecule has 106 valence electrons. The summed E-state index contributed by atoms with van der Waals surface area (Å²) >= 11 is 0. The van der Waals surface area contributed by atoms with Gasteiger partial charge in [0.1, 0.15) is 11.4 Å². The zero-order chi connectivity index (χ0) is 14.5. The predicted octanol–water partition coefficient (Wildman–Crippen LogP) is 2.25. The van der Waals surface area contributed by atoms with Gasteiger partial charge in [-0.3, -0.25) is 0 Å². The van der Waals surface area contributed by atoms with Crippen LogP contribution in [0.25, 0.3) is 0 Å². The molecule has 1 atom stereocenters. The smallest absolute Gasteiger partial charge is 0.408 e. The van der Waals surface area contributed by atoms with Crippen LogP contribution < -0.4 is 10.1 Å². The van der Waals surface area contributed by atoms with E-state index in [9.17, 15) is 9.90 Å². The van der Waals surface area contributed by atoms with Crippen molar-refractivity contribution >= 4 is 6.09 Å². The van der Waals surface area contributed by atoms with Crippen molar-refractivity contribution < 1.29 is 19.4 Å². The molecule has 0 saturated carbocycles. The average Bonchev–Trinajstić information content (AvgIpc) is 2.33. The molecule has 0 aliphatic carbocycles. The van der Waals surface area contributed by atoms with E-state index in [0.29, 0.717) is 11.3 Å². The highest BCUT2D eigenvalue weighted by Crippen LogP contribution is 2.24. The molecule has 0 aliphatic rings. The summed E-state index contributed by atoms with van der Waals surface area (Å²) in [6.45, 7) is 5.11. The molecule has 0 aromatic heterocycles. The molecule has 1 amide bonds. The van der Waals surface area contributed by atoms with E-state index in [2.05, 4.69) is 5.32 Å². The lowest BCUT2D eigenvalue weighted by Gasteiger charge is -2.23. The minimum absolute atomic E-state index is 0.236. The Bertz CT molecular complexity index is 426. The largest absolute Gasteiger partial charge is 0.496 e. The molecule has 0 bridgehead atoms. The Balaban J connectivity index is 2.81. The Kier molecular flexibility index (Phi) is 5.18. The maximum Gasteiger partial charge on any atom is 0.408 e. The molecule has 0 saturated heterocycles. The average molecular weight is 267 g/mol. The molecule has 0 radical (unpaired) electrons. The molecular weight excluding hydrogens is 246 g/mol. The van der Waals surface area contributed by atoms with Gasteiger partial charge in [0, 0.05) is 5.56 Å². The van der Waals surface area contributed by atoms with Crippen LogP contribution in [-0.2, 0) is 4.74 Å². The van der Waals surface area contributed by atoms with Crippen molar-refractivity contribution in [3.63, 3.8) is 0 Å². The van der Waals surface area contributed by atoms with Crippen LogP contribution in [0.5, 0.6) is 5.75 Å². The number of carbonyl (C=O) groups excluding carboxylic acids is 1. The summed E-state index contributed by atoms with van der Waals surface area (Å²) in [5.74, 6) is 0.609. The molecule has 0 aliphatic heterocycles. The summed E-state index contributed by atoms with van der Waals surface area (Å²) in [7, 11) is 1.54. The predicted molar refractivity (Wildman–Crippen MR) is 72.2 cm³/mol. The molecule has 1 aromatic carbocycles. The van der Waals surface area contributed by atoms with Crippen molar-refractivity contribution in [2.45, 2.75) is 32.4 Å². The Morgan fingerprint density at radius 1 is 1.37 bits per heavy atom. The molecule has 2 N–H and O–H groups in total. The van der Waals surface area contributed by atoms with Crippen LogP contribution >= 0.6 is 0 Å². The minimum atomic E-state index is -0.579. The number of hydrogen-bond donors (Lipinski definition) is 2. The lowest BCUT2D eigenvalue weighted by atomic mass is 10.1. The standard InChI is InChI=1S/C14H21NO4/c1-14(2,3)19-13(17)15-11(9-16)10-7-5-6-8-12(10)18-4/h5-8,11,16H,9H2,1-4H3,(H,15,17). The third-order valence-electron chi connectivity index (χ3n) is 2.39. The van der Waals surface area contributed by atoms with Gasteiger partial charge in [0.15, 0.2) is 0 Å². The molecule has 1 rings (SSSR count). The minimum Gasteiger partial charge on any atom is -0.496 e. The number of ether oxygens (including phenoxy) is 2. The van der Waals surface area contributed by atoms with Crippen LogP contribution in [-0.4, -0.2) is 30.5 Å². The van der Waals surface area contributed by atoms with E-state index in [1.165, 1.54) is 0 Å². The first kappa shape index (κ1) is 15.3. The summed E-state index contributed by atoms with van der Waals surface area (Å²) in [4.78, 5) is 11.7. The van der Waals surface area contributed by atoms with Crippen molar-refractivity contribution in [1.82, 2.24) is 5.32 Å². The monoisotopic (exact) mass is 267 g/mol. The van der Waals surface area contributed by atoms with Gasteiger partial charge >= 0.3 is 6.09 Å². The van der Waals surface area contributed by atoms with Crippen molar-refractivity contribution in [1.29, 1.82) is 0 Å². The number of hydrogen-bond acceptors (Lipinski definition) is 4. The van der Waals surface area contributed by atoms with Gasteiger partial charge in [0.25, 0.3) is 0 Å². The number of carbonyl (C=O) groups is 1. The maximum atomic E-state index is 11.7. The van der Waals surface area contributed by atoms with Crippen molar-refractivity contribution in [3.05, 3.63) is 29.8 Å². The lowest BCUT2D eigenvalue weighted by molar-refractivity contribution is 0.0481. The summed E-state index contributed by atoms with van der Waals surface area (Å²) in [6.07, 6.45) is -0.572. The second-order valence-electron chi connectivity index (χ2n) is 5.12. The fraction of sp³-hybridized carbons (Fsp3) is 0.500. The molecule has 1 aromatic rings. The first-order valence-corrected chi connectivity index (χ1v) is 6.10. The highest BCUT2D eigenvalue weighted by molar-refractivity contribution is 5.68. The fourth-order valence-corrected chi connectivity index (χ4v) is 1.63. The summed E-state index contributed by atoms with van der Waals surface area (Å²) < 4.78 is 10.4. The number of para-hydroxylation sites is 1. The first-order valence-electron chi connectivity index (χ1n) is 6.10. The second-order valence-corrected chi connectivity index (χ2v) is 5.12. The number of aliphatic hydroxyl groups excluding tert-OH is 1. The lowest BCUT2D eigenvalue weighted by Crippen LogP contribution is -2.36. The molecule has 19 heavy (non-hydrogen) atoms. The summed E-state index contributed by atoms with van der Waals surface area (Å²) in [5.41, 5.74) is 0.128. The normalized spacial score (nSPS) is 12.7. The van der Waals surface area contributed by atoms with E-state index in [-0.39, 0.29) is 6.61 Å². The number of methoxy groups -OCH3 is 1. The van der Waals surface area contributed by atoms with E-state index >= 15 is 0 Å². The number of aliphatic hydroxyl groups is 1. The van der Waals surface area contributed by atoms with Gasteiger partial charge < -0.3 is 19.9 Å². The van der Waals surface area contributed by atoms with Gasteiger partial charge in [-0.15, -0.1) is 0 Å². The second kappa shape index (κ2) is 6.43. The van der Waals surface area contributed by atoms with Crippen LogP contribution in [0.15, 0.2) is 24.3 Å². The van der Waals surface area contributed by atoms with Crippen molar-refractivity contribution in [3.8, 4) is 5.75 Å². The summed E-state index contributed by atoms with van der Waals surface area (Å²) in [6, 6.07) is 6.64. The SMILES string of the molecule is COc1ccccc1C(CO)NC(=O)OC(C)(C)C. The van der Waals surface area contributed by atoms with Crippen LogP contribution in [0.1, 0.15) is 32.4 Å². The van der Waals surface area contributed by atoms with Crippen LogP contribution in [0.4, 0.5) is 4.79 Å². The molecule has 1 unspecified atom stereocenters. The molecule has 5 nitrogen and oxygen atoms in total. The maximum absolute atomic E-state index is 11.7.